The number of ether oxygens (including phenoxy) is 2. The van der Waals surface area contributed by atoms with Crippen LogP contribution in [0.5, 0.6) is 0 Å². The molecule has 1 spiro atoms. The summed E-state index contributed by atoms with van der Waals surface area (Å²) in [5, 5.41) is 24.8. The van der Waals surface area contributed by atoms with Crippen molar-refractivity contribution in [2.24, 2.45) is 23.7 Å². The summed E-state index contributed by atoms with van der Waals surface area (Å²) >= 11 is 0. The maximum atomic E-state index is 13.7. The minimum atomic E-state index is -1.86. The first-order valence-electron chi connectivity index (χ1n) is 12.2. The van der Waals surface area contributed by atoms with Gasteiger partial charge in [0, 0.05) is 17.9 Å². The van der Waals surface area contributed by atoms with Crippen LogP contribution in [-0.4, -0.2) is 51.4 Å². The molecular formula is C28H33NO7. The highest BCUT2D eigenvalue weighted by atomic mass is 16.7. The van der Waals surface area contributed by atoms with Gasteiger partial charge in [0.2, 0.25) is 5.60 Å². The van der Waals surface area contributed by atoms with Gasteiger partial charge >= 0.3 is 6.16 Å². The van der Waals surface area contributed by atoms with Gasteiger partial charge in [0.05, 0.1) is 18.3 Å². The molecule has 36 heavy (non-hydrogen) atoms. The molecule has 0 radical (unpaired) electrons. The Balaban J connectivity index is 1.80. The third kappa shape index (κ3) is 4.40. The van der Waals surface area contributed by atoms with Crippen molar-refractivity contribution in [2.75, 3.05) is 0 Å². The molecule has 1 saturated carbocycles. The van der Waals surface area contributed by atoms with Crippen molar-refractivity contribution in [3.63, 3.8) is 0 Å². The number of hydrogen-bond acceptors (Lipinski definition) is 7. The normalized spacial score (nSPS) is 40.8. The first-order chi connectivity index (χ1) is 17.0. The van der Waals surface area contributed by atoms with Crippen molar-refractivity contribution >= 4 is 17.8 Å². The molecule has 8 atom stereocenters. The smallest absolute Gasteiger partial charge is 0.416 e. The van der Waals surface area contributed by atoms with Crippen LogP contribution >= 0.6 is 0 Å². The molecule has 0 bridgehead atoms. The predicted molar refractivity (Wildman–Crippen MR) is 131 cm³/mol. The molecule has 2 fully saturated rings. The monoisotopic (exact) mass is 495 g/mol. The molecule has 2 heterocycles. The Labute approximate surface area is 210 Å². The van der Waals surface area contributed by atoms with E-state index in [1.54, 1.807) is 19.1 Å². The summed E-state index contributed by atoms with van der Waals surface area (Å²) in [4.78, 5) is 39.3. The van der Waals surface area contributed by atoms with Crippen molar-refractivity contribution in [3.8, 4) is 0 Å². The van der Waals surface area contributed by atoms with Crippen molar-refractivity contribution in [3.05, 3.63) is 72.5 Å². The van der Waals surface area contributed by atoms with Crippen LogP contribution in [0.25, 0.3) is 0 Å². The summed E-state index contributed by atoms with van der Waals surface area (Å²) in [6.45, 7) is 8.95. The van der Waals surface area contributed by atoms with Crippen LogP contribution in [0.15, 0.2) is 67.0 Å². The molecule has 2 aliphatic heterocycles. The number of rotatable bonds is 2. The van der Waals surface area contributed by atoms with Gasteiger partial charge in [0.15, 0.2) is 5.78 Å². The third-order valence-electron chi connectivity index (χ3n) is 7.83. The lowest BCUT2D eigenvalue weighted by atomic mass is 9.59. The molecule has 8 nitrogen and oxygen atoms in total. The number of benzene rings is 1. The first kappa shape index (κ1) is 25.9. The van der Waals surface area contributed by atoms with Crippen LogP contribution in [0.1, 0.15) is 32.8 Å². The maximum Gasteiger partial charge on any atom is 0.514 e. The molecule has 1 amide bonds. The van der Waals surface area contributed by atoms with E-state index in [2.05, 4.69) is 11.9 Å². The van der Waals surface area contributed by atoms with E-state index in [-0.39, 0.29) is 12.3 Å². The van der Waals surface area contributed by atoms with Crippen LogP contribution in [0, 0.1) is 23.7 Å². The highest BCUT2D eigenvalue weighted by molar-refractivity contribution is 5.92. The van der Waals surface area contributed by atoms with Gasteiger partial charge in [-0.05, 0) is 42.9 Å². The second kappa shape index (κ2) is 9.67. The van der Waals surface area contributed by atoms with Gasteiger partial charge in [-0.3, -0.25) is 9.59 Å². The summed E-state index contributed by atoms with van der Waals surface area (Å²) in [5.41, 5.74) is -2.08. The summed E-state index contributed by atoms with van der Waals surface area (Å²) in [6, 6.07) is 9.26. The number of nitrogens with one attached hydrogen (secondary N) is 1. The lowest BCUT2D eigenvalue weighted by molar-refractivity contribution is -0.159. The van der Waals surface area contributed by atoms with E-state index in [1.807, 2.05) is 37.3 Å². The number of carbonyl (C=O) groups is 3. The standard InChI is InChI=1S/C28H33NO7/c1-16-9-8-12-20-23(30)18(3)17(2)22-21(15-19-10-6-5-7-11-19)29-25(32)28(20,22)36-26(33)35-14-13-27(4,34)24(16)31/h5-8,10-14,16-17,20-23,30,34H,3,9,15H2,1-2,4H3,(H,29,32)/b12-8+,14-13+/t16-,17+,20-,21-,22-,23+,27+,28+/m0/s1. The molecule has 8 heteroatoms. The van der Waals surface area contributed by atoms with Crippen molar-refractivity contribution in [1.29, 1.82) is 0 Å². The lowest BCUT2D eigenvalue weighted by Gasteiger charge is -2.48. The zero-order valence-electron chi connectivity index (χ0n) is 20.7. The zero-order chi connectivity index (χ0) is 26.3. The Morgan fingerprint density at radius 2 is 1.86 bits per heavy atom. The number of cyclic esters (lactones) is 1. The van der Waals surface area contributed by atoms with Crippen LogP contribution < -0.4 is 5.32 Å². The number of aliphatic hydroxyl groups is 2. The zero-order valence-corrected chi connectivity index (χ0v) is 20.7. The number of hydrogen-bond donors (Lipinski definition) is 3. The molecule has 0 aromatic heterocycles. The third-order valence-corrected chi connectivity index (χ3v) is 7.83. The molecule has 0 unspecified atom stereocenters. The van der Waals surface area contributed by atoms with Crippen LogP contribution in [0.2, 0.25) is 0 Å². The molecule has 3 aliphatic rings. The highest BCUT2D eigenvalue weighted by Crippen LogP contribution is 2.52. The summed E-state index contributed by atoms with van der Waals surface area (Å²) in [6.07, 6.45) is 3.68. The van der Waals surface area contributed by atoms with E-state index in [0.717, 1.165) is 17.9 Å². The van der Waals surface area contributed by atoms with Crippen LogP contribution in [0.4, 0.5) is 4.79 Å². The molecule has 1 aromatic carbocycles. The van der Waals surface area contributed by atoms with Gasteiger partial charge in [-0.25, -0.2) is 4.79 Å². The van der Waals surface area contributed by atoms with Crippen molar-refractivity contribution in [1.82, 2.24) is 5.32 Å². The molecule has 1 saturated heterocycles. The number of allylic oxidation sites excluding steroid dienone is 1. The predicted octanol–water partition coefficient (Wildman–Crippen LogP) is 2.85. The molecule has 1 aromatic rings. The Bertz CT molecular complexity index is 1110. The minimum absolute atomic E-state index is 0.249. The molecular weight excluding hydrogens is 462 g/mol. The molecule has 1 aliphatic carbocycles. The molecule has 3 N–H and O–H groups in total. The van der Waals surface area contributed by atoms with E-state index in [0.29, 0.717) is 12.0 Å². The van der Waals surface area contributed by atoms with Crippen LogP contribution in [0.3, 0.4) is 0 Å². The molecule has 4 rings (SSSR count). The van der Waals surface area contributed by atoms with E-state index >= 15 is 0 Å². The number of amides is 1. The average Bonchev–Trinajstić information content (AvgIpc) is 3.10. The van der Waals surface area contributed by atoms with Crippen LogP contribution in [-0.2, 0) is 25.5 Å². The highest BCUT2D eigenvalue weighted by Gasteiger charge is 2.68. The Hall–Kier alpha value is -3.23. The van der Waals surface area contributed by atoms with Gasteiger partial charge in [-0.2, -0.15) is 0 Å². The van der Waals surface area contributed by atoms with E-state index in [1.165, 1.54) is 6.92 Å². The van der Waals surface area contributed by atoms with Crippen molar-refractivity contribution in [2.45, 2.75) is 57.0 Å². The minimum Gasteiger partial charge on any atom is -0.416 e. The first-order valence-corrected chi connectivity index (χ1v) is 12.2. The summed E-state index contributed by atoms with van der Waals surface area (Å²) < 4.78 is 10.9. The average molecular weight is 496 g/mol. The second-order valence-corrected chi connectivity index (χ2v) is 10.3. The van der Waals surface area contributed by atoms with Gasteiger partial charge in [0.1, 0.15) is 5.60 Å². The van der Waals surface area contributed by atoms with E-state index < -0.39 is 58.9 Å². The number of Topliss-reactive ketones (excluding diaryl/α,β-unsaturated/α-hetero) is 1. The summed E-state index contributed by atoms with van der Waals surface area (Å²) in [5.74, 6) is -3.41. The van der Waals surface area contributed by atoms with Gasteiger partial charge in [0.25, 0.3) is 5.91 Å². The Kier molecular flexibility index (Phi) is 6.94. The lowest BCUT2D eigenvalue weighted by Crippen LogP contribution is -2.61. The number of aliphatic hydroxyl groups excluding tert-OH is 1. The SMILES string of the molecule is C=C1[C@@H](C)[C@H]2[C@H](Cc3ccccc3)NC(=O)[C@]23OC(=O)O/C=C/[C@@](C)(O)C(=O)[C@@H](C)C/C=C/[C@H]3[C@@H]1O. The Morgan fingerprint density at radius 3 is 2.56 bits per heavy atom. The van der Waals surface area contributed by atoms with Crippen molar-refractivity contribution < 1.29 is 34.1 Å². The number of ketones is 1. The molecule has 192 valence electrons. The maximum absolute atomic E-state index is 13.7. The largest absolute Gasteiger partial charge is 0.514 e. The fourth-order valence-electron chi connectivity index (χ4n) is 5.86. The van der Waals surface area contributed by atoms with E-state index in [9.17, 15) is 24.6 Å². The fraction of sp³-hybridized carbons (Fsp3) is 0.464. The summed E-state index contributed by atoms with van der Waals surface area (Å²) in [7, 11) is 0. The quantitative estimate of drug-likeness (QED) is 0.426. The Morgan fingerprint density at radius 1 is 1.17 bits per heavy atom. The fourth-order valence-corrected chi connectivity index (χ4v) is 5.86. The van der Waals surface area contributed by atoms with Gasteiger partial charge in [-0.1, -0.05) is 62.9 Å². The van der Waals surface area contributed by atoms with Gasteiger partial charge < -0.3 is 25.0 Å². The second-order valence-electron chi connectivity index (χ2n) is 10.3. The topological polar surface area (TPSA) is 122 Å². The number of carbonyl (C=O) groups excluding carboxylic acids is 3. The van der Waals surface area contributed by atoms with Gasteiger partial charge in [-0.15, -0.1) is 0 Å². The van der Waals surface area contributed by atoms with E-state index in [4.69, 9.17) is 9.47 Å².